The first-order valence-electron chi connectivity index (χ1n) is 11.8. The van der Waals surface area contributed by atoms with Crippen LogP contribution in [-0.2, 0) is 17.8 Å². The van der Waals surface area contributed by atoms with Gasteiger partial charge in [-0.1, -0.05) is 0 Å². The van der Waals surface area contributed by atoms with Crippen LogP contribution in [0.15, 0.2) is 18.2 Å². The maximum atomic E-state index is 14.0. The number of anilines is 2. The molecule has 182 valence electrons. The van der Waals surface area contributed by atoms with E-state index in [1.54, 1.807) is 11.8 Å². The van der Waals surface area contributed by atoms with E-state index in [4.69, 9.17) is 14.7 Å². The molecule has 5 rings (SSSR count). The van der Waals surface area contributed by atoms with Gasteiger partial charge in [-0.15, -0.1) is 0 Å². The van der Waals surface area contributed by atoms with Crippen LogP contribution >= 0.6 is 0 Å². The van der Waals surface area contributed by atoms with Gasteiger partial charge in [-0.05, 0) is 25.0 Å². The number of benzene rings is 1. The summed E-state index contributed by atoms with van der Waals surface area (Å²) in [5.74, 6) is 0.197. The van der Waals surface area contributed by atoms with Crippen molar-refractivity contribution in [3.8, 4) is 5.75 Å². The van der Waals surface area contributed by atoms with E-state index in [-0.39, 0.29) is 29.9 Å². The SMILES string of the molecule is CC(=O)N1CCc2nc(N3CCC(Oc4ccc(F)cc4F)CC3)c(NC3CC(O)C3)nc2C1. The second-order valence-corrected chi connectivity index (χ2v) is 9.33. The highest BCUT2D eigenvalue weighted by molar-refractivity contribution is 5.73. The lowest BCUT2D eigenvalue weighted by atomic mass is 9.89. The standard InChI is InChI=1S/C24H29F2N5O3/c1-14(32)31-9-6-20-21(13-31)28-23(27-16-11-17(33)12-16)24(29-20)30-7-4-18(5-8-30)34-22-3-2-15(25)10-19(22)26/h2-3,10,16-18,33H,4-9,11-13H2,1H3,(H,27,28). The number of aliphatic hydroxyl groups excluding tert-OH is 1. The van der Waals surface area contributed by atoms with Gasteiger partial charge in [0.05, 0.1) is 24.0 Å². The Morgan fingerprint density at radius 2 is 1.91 bits per heavy atom. The molecule has 0 unspecified atom stereocenters. The second-order valence-electron chi connectivity index (χ2n) is 9.33. The van der Waals surface area contributed by atoms with Gasteiger partial charge in [-0.3, -0.25) is 4.79 Å². The van der Waals surface area contributed by atoms with Crippen molar-refractivity contribution in [2.24, 2.45) is 0 Å². The van der Waals surface area contributed by atoms with E-state index in [0.29, 0.717) is 64.1 Å². The fourth-order valence-corrected chi connectivity index (χ4v) is 4.74. The molecule has 2 aliphatic heterocycles. The molecule has 0 spiro atoms. The smallest absolute Gasteiger partial charge is 0.219 e. The molecule has 1 aliphatic carbocycles. The molecule has 1 saturated heterocycles. The number of fused-ring (bicyclic) bond motifs is 1. The van der Waals surface area contributed by atoms with Crippen LogP contribution in [-0.4, -0.2) is 63.8 Å². The number of nitrogens with zero attached hydrogens (tertiary/aromatic N) is 4. The molecule has 3 heterocycles. The summed E-state index contributed by atoms with van der Waals surface area (Å²) in [5, 5.41) is 13.1. The summed E-state index contributed by atoms with van der Waals surface area (Å²) < 4.78 is 33.0. The summed E-state index contributed by atoms with van der Waals surface area (Å²) >= 11 is 0. The first kappa shape index (κ1) is 22.8. The number of carbonyl (C=O) groups excluding carboxylic acids is 1. The van der Waals surface area contributed by atoms with Crippen LogP contribution in [0.25, 0.3) is 0 Å². The lowest BCUT2D eigenvalue weighted by Crippen LogP contribution is -2.42. The second kappa shape index (κ2) is 9.32. The van der Waals surface area contributed by atoms with Gasteiger partial charge in [-0.25, -0.2) is 18.7 Å². The summed E-state index contributed by atoms with van der Waals surface area (Å²) in [4.78, 5) is 25.6. The van der Waals surface area contributed by atoms with Crippen molar-refractivity contribution in [1.29, 1.82) is 0 Å². The number of hydrogen-bond acceptors (Lipinski definition) is 7. The van der Waals surface area contributed by atoms with Crippen LogP contribution in [0.4, 0.5) is 20.4 Å². The number of hydrogen-bond donors (Lipinski definition) is 2. The summed E-state index contributed by atoms with van der Waals surface area (Å²) in [6, 6.07) is 3.48. The number of nitrogens with one attached hydrogen (secondary N) is 1. The molecular formula is C24H29F2N5O3. The van der Waals surface area contributed by atoms with Gasteiger partial charge in [-0.2, -0.15) is 0 Å². The molecule has 2 fully saturated rings. The highest BCUT2D eigenvalue weighted by Gasteiger charge is 2.32. The largest absolute Gasteiger partial charge is 0.487 e. The number of piperidine rings is 1. The maximum Gasteiger partial charge on any atom is 0.219 e. The van der Waals surface area contributed by atoms with E-state index in [2.05, 4.69) is 10.2 Å². The lowest BCUT2D eigenvalue weighted by molar-refractivity contribution is -0.129. The first-order valence-corrected chi connectivity index (χ1v) is 11.8. The van der Waals surface area contributed by atoms with E-state index in [0.717, 1.165) is 23.3 Å². The molecular weight excluding hydrogens is 444 g/mol. The highest BCUT2D eigenvalue weighted by atomic mass is 19.1. The highest BCUT2D eigenvalue weighted by Crippen LogP contribution is 2.33. The van der Waals surface area contributed by atoms with Crippen molar-refractivity contribution in [3.63, 3.8) is 0 Å². The molecule has 1 aromatic carbocycles. The third-order valence-electron chi connectivity index (χ3n) is 6.82. The summed E-state index contributed by atoms with van der Waals surface area (Å²) in [6.07, 6.45) is 2.84. The zero-order valence-corrected chi connectivity index (χ0v) is 19.1. The predicted molar refractivity (Wildman–Crippen MR) is 122 cm³/mol. The van der Waals surface area contributed by atoms with Crippen molar-refractivity contribution < 1.29 is 23.4 Å². The fraction of sp³-hybridized carbons (Fsp3) is 0.542. The van der Waals surface area contributed by atoms with Gasteiger partial charge in [0.15, 0.2) is 23.2 Å². The van der Waals surface area contributed by atoms with E-state index >= 15 is 0 Å². The van der Waals surface area contributed by atoms with E-state index in [1.807, 2.05) is 0 Å². The summed E-state index contributed by atoms with van der Waals surface area (Å²) in [6.45, 7) is 3.94. The molecule has 1 aromatic heterocycles. The Balaban J connectivity index is 1.31. The number of aromatic nitrogens is 2. The van der Waals surface area contributed by atoms with Gasteiger partial charge in [0.2, 0.25) is 5.91 Å². The molecule has 1 amide bonds. The first-order chi connectivity index (χ1) is 16.4. The average Bonchev–Trinajstić information content (AvgIpc) is 2.79. The van der Waals surface area contributed by atoms with E-state index in [1.165, 1.54) is 12.1 Å². The predicted octanol–water partition coefficient (Wildman–Crippen LogP) is 2.64. The van der Waals surface area contributed by atoms with Gasteiger partial charge in [0, 0.05) is 57.9 Å². The number of ether oxygens (including phenoxy) is 1. The van der Waals surface area contributed by atoms with Crippen molar-refractivity contribution in [2.45, 2.75) is 63.8 Å². The molecule has 2 aromatic rings. The minimum absolute atomic E-state index is 0.0211. The molecule has 2 N–H and O–H groups in total. The van der Waals surface area contributed by atoms with Crippen molar-refractivity contribution in [3.05, 3.63) is 41.2 Å². The monoisotopic (exact) mass is 473 g/mol. The van der Waals surface area contributed by atoms with Gasteiger partial charge >= 0.3 is 0 Å². The van der Waals surface area contributed by atoms with Crippen LogP contribution in [0.1, 0.15) is 44.0 Å². The molecule has 1 saturated carbocycles. The number of rotatable bonds is 5. The molecule has 0 radical (unpaired) electrons. The van der Waals surface area contributed by atoms with E-state index in [9.17, 15) is 18.7 Å². The van der Waals surface area contributed by atoms with Crippen LogP contribution in [0, 0.1) is 11.6 Å². The van der Waals surface area contributed by atoms with Crippen molar-refractivity contribution in [1.82, 2.24) is 14.9 Å². The average molecular weight is 474 g/mol. The number of aliphatic hydroxyl groups is 1. The Morgan fingerprint density at radius 1 is 1.15 bits per heavy atom. The third-order valence-corrected chi connectivity index (χ3v) is 6.82. The minimum Gasteiger partial charge on any atom is -0.487 e. The van der Waals surface area contributed by atoms with Crippen LogP contribution in [0.3, 0.4) is 0 Å². The molecule has 8 nitrogen and oxygen atoms in total. The summed E-state index contributed by atoms with van der Waals surface area (Å²) in [5.41, 5.74) is 1.70. The van der Waals surface area contributed by atoms with Gasteiger partial charge < -0.3 is 25.0 Å². The Kier molecular flexibility index (Phi) is 6.24. The maximum absolute atomic E-state index is 14.0. The molecule has 0 atom stereocenters. The zero-order chi connectivity index (χ0) is 23.8. The van der Waals surface area contributed by atoms with Crippen molar-refractivity contribution in [2.75, 3.05) is 29.9 Å². The fourth-order valence-electron chi connectivity index (χ4n) is 4.74. The zero-order valence-electron chi connectivity index (χ0n) is 19.1. The Hall–Kier alpha value is -3.01. The van der Waals surface area contributed by atoms with E-state index < -0.39 is 11.6 Å². The van der Waals surface area contributed by atoms with Crippen LogP contribution < -0.4 is 15.0 Å². The quantitative estimate of drug-likeness (QED) is 0.690. The Labute approximate surface area is 196 Å². The summed E-state index contributed by atoms with van der Waals surface area (Å²) in [7, 11) is 0. The third kappa shape index (κ3) is 4.77. The molecule has 0 bridgehead atoms. The molecule has 10 heteroatoms. The van der Waals surface area contributed by atoms with Crippen LogP contribution in [0.5, 0.6) is 5.75 Å². The minimum atomic E-state index is -0.697. The topological polar surface area (TPSA) is 90.8 Å². The lowest BCUT2D eigenvalue weighted by Gasteiger charge is -2.37. The Bertz CT molecular complexity index is 1070. The van der Waals surface area contributed by atoms with Gasteiger partial charge in [0.25, 0.3) is 0 Å². The molecule has 34 heavy (non-hydrogen) atoms. The molecule has 3 aliphatic rings. The number of halogens is 2. The number of carbonyl (C=O) groups is 1. The normalized spacial score (nSPS) is 22.7. The number of amides is 1. The Morgan fingerprint density at radius 3 is 2.59 bits per heavy atom. The van der Waals surface area contributed by atoms with Crippen molar-refractivity contribution >= 4 is 17.5 Å². The van der Waals surface area contributed by atoms with Gasteiger partial charge in [0.1, 0.15) is 11.9 Å². The van der Waals surface area contributed by atoms with Crippen LogP contribution in [0.2, 0.25) is 0 Å².